The van der Waals surface area contributed by atoms with Gasteiger partial charge >= 0.3 is 0 Å². The topological polar surface area (TPSA) is 39.4 Å². The first-order chi connectivity index (χ1) is 10.7. The molecule has 1 heterocycles. The Morgan fingerprint density at radius 1 is 1.14 bits per heavy atom. The van der Waals surface area contributed by atoms with Crippen molar-refractivity contribution in [2.24, 2.45) is 0 Å². The molecule has 0 amide bonds. The molecule has 3 rings (SSSR count). The van der Waals surface area contributed by atoms with Gasteiger partial charge in [-0.15, -0.1) is 0 Å². The summed E-state index contributed by atoms with van der Waals surface area (Å²) in [6, 6.07) is 14.4. The van der Waals surface area contributed by atoms with E-state index in [1.807, 2.05) is 24.3 Å². The minimum Gasteiger partial charge on any atom is -0.497 e. The molecule has 0 aliphatic carbocycles. The molecule has 0 spiro atoms. The fourth-order valence-corrected chi connectivity index (χ4v) is 2.21. The Morgan fingerprint density at radius 3 is 2.64 bits per heavy atom. The van der Waals surface area contributed by atoms with Crippen LogP contribution in [0.5, 0.6) is 5.75 Å². The number of fused-ring (bicyclic) bond motifs is 1. The molecule has 22 heavy (non-hydrogen) atoms. The van der Waals surface area contributed by atoms with E-state index < -0.39 is 0 Å². The maximum Gasteiger partial charge on any atom is 0.221 e. The molecule has 0 N–H and O–H groups in total. The summed E-state index contributed by atoms with van der Waals surface area (Å²) in [7, 11) is 1.59. The van der Waals surface area contributed by atoms with Crippen molar-refractivity contribution in [1.82, 2.24) is 0 Å². The van der Waals surface area contributed by atoms with Gasteiger partial charge in [0.25, 0.3) is 0 Å². The average molecular weight is 313 g/mol. The van der Waals surface area contributed by atoms with Gasteiger partial charge in [-0.05, 0) is 42.0 Å². The molecular formula is C18H13ClO3. The summed E-state index contributed by atoms with van der Waals surface area (Å²) in [5, 5.41) is 1.53. The molecule has 0 aliphatic rings. The van der Waals surface area contributed by atoms with E-state index in [1.165, 1.54) is 6.08 Å². The van der Waals surface area contributed by atoms with Crippen LogP contribution in [0.4, 0.5) is 0 Å². The number of hydrogen-bond donors (Lipinski definition) is 0. The molecule has 0 unspecified atom stereocenters. The number of rotatable bonds is 4. The van der Waals surface area contributed by atoms with E-state index in [2.05, 4.69) is 0 Å². The fraction of sp³-hybridized carbons (Fsp3) is 0.0556. The van der Waals surface area contributed by atoms with Crippen molar-refractivity contribution < 1.29 is 13.9 Å². The van der Waals surface area contributed by atoms with Gasteiger partial charge in [-0.25, -0.2) is 0 Å². The lowest BCUT2D eigenvalue weighted by Crippen LogP contribution is -1.90. The minimum absolute atomic E-state index is 0.190. The van der Waals surface area contributed by atoms with E-state index in [0.717, 1.165) is 10.9 Å². The summed E-state index contributed by atoms with van der Waals surface area (Å²) < 4.78 is 10.7. The summed E-state index contributed by atoms with van der Waals surface area (Å²) >= 11 is 5.82. The van der Waals surface area contributed by atoms with Crippen LogP contribution >= 0.6 is 11.6 Å². The second kappa shape index (κ2) is 6.08. The quantitative estimate of drug-likeness (QED) is 0.503. The van der Waals surface area contributed by atoms with Crippen LogP contribution in [0.25, 0.3) is 17.0 Å². The standard InChI is InChI=1S/C18H13ClO3/c1-21-15-8-5-13-10-18(22-17(13)11-15)16(20)9-4-12-2-6-14(19)7-3-12/h2-11H,1H3. The van der Waals surface area contributed by atoms with Crippen molar-refractivity contribution >= 4 is 34.4 Å². The number of allylic oxidation sites excluding steroid dienone is 1. The number of benzene rings is 2. The number of furan rings is 1. The van der Waals surface area contributed by atoms with Gasteiger partial charge in [0.05, 0.1) is 7.11 Å². The Hall–Kier alpha value is -2.52. The van der Waals surface area contributed by atoms with Gasteiger partial charge in [-0.3, -0.25) is 4.79 Å². The van der Waals surface area contributed by atoms with Crippen LogP contribution in [0.3, 0.4) is 0 Å². The van der Waals surface area contributed by atoms with Gasteiger partial charge in [0.1, 0.15) is 11.3 Å². The molecule has 4 heteroatoms. The zero-order valence-corrected chi connectivity index (χ0v) is 12.6. The van der Waals surface area contributed by atoms with Crippen LogP contribution in [-0.2, 0) is 0 Å². The second-order valence-electron chi connectivity index (χ2n) is 4.76. The molecule has 0 saturated heterocycles. The second-order valence-corrected chi connectivity index (χ2v) is 5.20. The van der Waals surface area contributed by atoms with E-state index in [1.54, 1.807) is 37.5 Å². The summed E-state index contributed by atoms with van der Waals surface area (Å²) in [4.78, 5) is 12.2. The summed E-state index contributed by atoms with van der Waals surface area (Å²) in [6.45, 7) is 0. The molecule has 0 bridgehead atoms. The molecule has 0 saturated carbocycles. The van der Waals surface area contributed by atoms with Crippen molar-refractivity contribution in [2.45, 2.75) is 0 Å². The molecule has 2 aromatic carbocycles. The Morgan fingerprint density at radius 2 is 1.91 bits per heavy atom. The Balaban J connectivity index is 1.84. The monoisotopic (exact) mass is 312 g/mol. The summed E-state index contributed by atoms with van der Waals surface area (Å²) in [5.74, 6) is 0.802. The lowest BCUT2D eigenvalue weighted by Gasteiger charge is -1.96. The first-order valence-electron chi connectivity index (χ1n) is 6.71. The molecular weight excluding hydrogens is 300 g/mol. The van der Waals surface area contributed by atoms with Crippen LogP contribution < -0.4 is 4.74 Å². The van der Waals surface area contributed by atoms with Crippen LogP contribution in [0.15, 0.2) is 59.0 Å². The zero-order valence-electron chi connectivity index (χ0n) is 11.9. The van der Waals surface area contributed by atoms with Gasteiger partial charge < -0.3 is 9.15 Å². The smallest absolute Gasteiger partial charge is 0.221 e. The molecule has 3 aromatic rings. The Labute approximate surface area is 132 Å². The Kier molecular flexibility index (Phi) is 3.98. The third kappa shape index (κ3) is 3.05. The number of ether oxygens (including phenoxy) is 1. The predicted molar refractivity (Wildman–Crippen MR) is 87.6 cm³/mol. The van der Waals surface area contributed by atoms with E-state index in [-0.39, 0.29) is 5.78 Å². The number of halogens is 1. The van der Waals surface area contributed by atoms with Crippen molar-refractivity contribution in [3.8, 4) is 5.75 Å². The third-order valence-electron chi connectivity index (χ3n) is 3.27. The SMILES string of the molecule is COc1ccc2cc(C(=O)C=Cc3ccc(Cl)cc3)oc2c1. The van der Waals surface area contributed by atoms with Crippen LogP contribution in [-0.4, -0.2) is 12.9 Å². The lowest BCUT2D eigenvalue weighted by molar-refractivity contribution is 0.102. The number of carbonyl (C=O) groups is 1. The van der Waals surface area contributed by atoms with Crippen molar-refractivity contribution in [2.75, 3.05) is 7.11 Å². The molecule has 0 aliphatic heterocycles. The van der Waals surface area contributed by atoms with Crippen LogP contribution in [0.2, 0.25) is 5.02 Å². The maximum absolute atomic E-state index is 12.2. The third-order valence-corrected chi connectivity index (χ3v) is 3.52. The Bertz CT molecular complexity index is 844. The first kappa shape index (κ1) is 14.4. The highest BCUT2D eigenvalue weighted by atomic mass is 35.5. The van der Waals surface area contributed by atoms with E-state index in [4.69, 9.17) is 20.8 Å². The predicted octanol–water partition coefficient (Wildman–Crippen LogP) is 4.99. The maximum atomic E-state index is 12.2. The molecule has 0 fully saturated rings. The molecule has 1 aromatic heterocycles. The highest BCUT2D eigenvalue weighted by molar-refractivity contribution is 6.30. The van der Waals surface area contributed by atoms with Crippen LogP contribution in [0.1, 0.15) is 16.1 Å². The van der Waals surface area contributed by atoms with Crippen molar-refractivity contribution in [3.05, 3.63) is 71.0 Å². The number of ketones is 1. The molecule has 110 valence electrons. The van der Waals surface area contributed by atoms with Crippen LogP contribution in [0, 0.1) is 0 Å². The van der Waals surface area contributed by atoms with Gasteiger partial charge in [0.15, 0.2) is 5.76 Å². The van der Waals surface area contributed by atoms with E-state index in [0.29, 0.717) is 22.1 Å². The number of carbonyl (C=O) groups excluding carboxylic acids is 1. The van der Waals surface area contributed by atoms with E-state index >= 15 is 0 Å². The minimum atomic E-state index is -0.190. The highest BCUT2D eigenvalue weighted by Crippen LogP contribution is 2.24. The zero-order chi connectivity index (χ0) is 15.5. The number of methoxy groups -OCH3 is 1. The summed E-state index contributed by atoms with van der Waals surface area (Å²) in [6.07, 6.45) is 3.21. The van der Waals surface area contributed by atoms with Crippen molar-refractivity contribution in [1.29, 1.82) is 0 Å². The lowest BCUT2D eigenvalue weighted by atomic mass is 10.1. The average Bonchev–Trinajstić information content (AvgIpc) is 2.97. The summed E-state index contributed by atoms with van der Waals surface area (Å²) in [5.41, 5.74) is 1.53. The normalized spacial score (nSPS) is 11.2. The fourth-order valence-electron chi connectivity index (χ4n) is 2.09. The molecule has 3 nitrogen and oxygen atoms in total. The van der Waals surface area contributed by atoms with Crippen molar-refractivity contribution in [3.63, 3.8) is 0 Å². The van der Waals surface area contributed by atoms with E-state index in [9.17, 15) is 4.79 Å². The van der Waals surface area contributed by atoms with Gasteiger partial charge in [-0.2, -0.15) is 0 Å². The largest absolute Gasteiger partial charge is 0.497 e. The first-order valence-corrected chi connectivity index (χ1v) is 7.09. The van der Waals surface area contributed by atoms with Gasteiger partial charge in [-0.1, -0.05) is 29.8 Å². The molecule has 0 atom stereocenters. The highest BCUT2D eigenvalue weighted by Gasteiger charge is 2.10. The molecule has 0 radical (unpaired) electrons. The van der Waals surface area contributed by atoms with Gasteiger partial charge in [0, 0.05) is 16.5 Å². The number of hydrogen-bond acceptors (Lipinski definition) is 3. The van der Waals surface area contributed by atoms with Gasteiger partial charge in [0.2, 0.25) is 5.78 Å².